The summed E-state index contributed by atoms with van der Waals surface area (Å²) in [4.78, 5) is 0. The molecule has 0 aromatic carbocycles. The molecule has 0 bridgehead atoms. The first-order valence-corrected chi connectivity index (χ1v) is 5.60. The van der Waals surface area contributed by atoms with E-state index in [1.165, 1.54) is 19.4 Å². The van der Waals surface area contributed by atoms with Crippen LogP contribution in [0.25, 0.3) is 0 Å². The number of nitrogens with one attached hydrogen (secondary N) is 2. The van der Waals surface area contributed by atoms with Crippen molar-refractivity contribution in [2.75, 3.05) is 19.6 Å². The first kappa shape index (κ1) is 10.6. The summed E-state index contributed by atoms with van der Waals surface area (Å²) in [5.74, 6) is 1.77. The Hall–Kier alpha value is -0.940. The summed E-state index contributed by atoms with van der Waals surface area (Å²) in [6, 6.07) is 0. The van der Waals surface area contributed by atoms with E-state index in [0.717, 1.165) is 31.4 Å². The standard InChI is InChI=1S/C10H19N5/c1-15-8-13-14-10(15)7-12-6-9-3-2-4-11-5-9/h8-9,11-12H,2-7H2,1H3. The van der Waals surface area contributed by atoms with Gasteiger partial charge < -0.3 is 15.2 Å². The highest BCUT2D eigenvalue weighted by Crippen LogP contribution is 2.08. The lowest BCUT2D eigenvalue weighted by molar-refractivity contribution is 0.358. The topological polar surface area (TPSA) is 54.8 Å². The predicted octanol–water partition coefficient (Wildman–Crippen LogP) is -0.0957. The molecule has 1 fully saturated rings. The molecule has 0 saturated carbocycles. The SMILES string of the molecule is Cn1cnnc1CNCC1CCCNC1. The quantitative estimate of drug-likeness (QED) is 0.727. The van der Waals surface area contributed by atoms with Crippen molar-refractivity contribution in [1.29, 1.82) is 0 Å². The molecule has 2 N–H and O–H groups in total. The Bertz CT molecular complexity index is 290. The molecule has 1 aliphatic heterocycles. The van der Waals surface area contributed by atoms with Crippen molar-refractivity contribution in [3.8, 4) is 0 Å². The van der Waals surface area contributed by atoms with E-state index in [-0.39, 0.29) is 0 Å². The predicted molar refractivity (Wildman–Crippen MR) is 58.3 cm³/mol. The van der Waals surface area contributed by atoms with Crippen molar-refractivity contribution in [1.82, 2.24) is 25.4 Å². The Morgan fingerprint density at radius 1 is 1.67 bits per heavy atom. The van der Waals surface area contributed by atoms with Crippen LogP contribution < -0.4 is 10.6 Å². The number of hydrogen-bond acceptors (Lipinski definition) is 4. The van der Waals surface area contributed by atoms with E-state index in [1.54, 1.807) is 6.33 Å². The summed E-state index contributed by atoms with van der Waals surface area (Å²) in [5, 5.41) is 14.7. The minimum Gasteiger partial charge on any atom is -0.320 e. The second-order valence-electron chi connectivity index (χ2n) is 4.20. The summed E-state index contributed by atoms with van der Waals surface area (Å²) in [7, 11) is 1.97. The number of piperidine rings is 1. The molecule has 0 amide bonds. The fourth-order valence-electron chi connectivity index (χ4n) is 1.95. The molecule has 1 aromatic heterocycles. The van der Waals surface area contributed by atoms with E-state index in [9.17, 15) is 0 Å². The summed E-state index contributed by atoms with van der Waals surface area (Å²) in [6.45, 7) is 4.21. The highest BCUT2D eigenvalue weighted by Gasteiger charge is 2.12. The average molecular weight is 209 g/mol. The van der Waals surface area contributed by atoms with Gasteiger partial charge in [-0.1, -0.05) is 0 Å². The molecule has 1 unspecified atom stereocenters. The molecule has 1 saturated heterocycles. The smallest absolute Gasteiger partial charge is 0.146 e. The Morgan fingerprint density at radius 2 is 2.60 bits per heavy atom. The molecule has 2 heterocycles. The number of aryl methyl sites for hydroxylation is 1. The maximum absolute atomic E-state index is 4.03. The molecule has 1 aromatic rings. The maximum Gasteiger partial charge on any atom is 0.146 e. The highest BCUT2D eigenvalue weighted by atomic mass is 15.3. The molecule has 1 atom stereocenters. The molecule has 2 rings (SSSR count). The molecular weight excluding hydrogens is 190 g/mol. The lowest BCUT2D eigenvalue weighted by atomic mass is 10.00. The van der Waals surface area contributed by atoms with Crippen LogP contribution >= 0.6 is 0 Å². The van der Waals surface area contributed by atoms with Crippen molar-refractivity contribution >= 4 is 0 Å². The van der Waals surface area contributed by atoms with Crippen molar-refractivity contribution in [2.24, 2.45) is 13.0 Å². The molecule has 1 aliphatic rings. The molecule has 0 radical (unpaired) electrons. The van der Waals surface area contributed by atoms with E-state index in [2.05, 4.69) is 20.8 Å². The van der Waals surface area contributed by atoms with Crippen LogP contribution in [-0.2, 0) is 13.6 Å². The normalized spacial score (nSPS) is 21.8. The fourth-order valence-corrected chi connectivity index (χ4v) is 1.95. The van der Waals surface area contributed by atoms with Gasteiger partial charge in [-0.3, -0.25) is 0 Å². The van der Waals surface area contributed by atoms with Crippen LogP contribution in [0.2, 0.25) is 0 Å². The van der Waals surface area contributed by atoms with E-state index < -0.39 is 0 Å². The first-order valence-electron chi connectivity index (χ1n) is 5.60. The Kier molecular flexibility index (Phi) is 3.69. The molecule has 5 nitrogen and oxygen atoms in total. The number of hydrogen-bond donors (Lipinski definition) is 2. The van der Waals surface area contributed by atoms with Crippen LogP contribution in [0.1, 0.15) is 18.7 Å². The summed E-state index contributed by atoms with van der Waals surface area (Å²) in [5.41, 5.74) is 0. The Morgan fingerprint density at radius 3 is 3.27 bits per heavy atom. The van der Waals surface area contributed by atoms with E-state index in [1.807, 2.05) is 11.6 Å². The van der Waals surface area contributed by atoms with Gasteiger partial charge in [0.2, 0.25) is 0 Å². The molecule has 15 heavy (non-hydrogen) atoms. The van der Waals surface area contributed by atoms with Crippen molar-refractivity contribution in [3.05, 3.63) is 12.2 Å². The van der Waals surface area contributed by atoms with Gasteiger partial charge in [-0.25, -0.2) is 0 Å². The number of nitrogens with zero attached hydrogens (tertiary/aromatic N) is 3. The fraction of sp³-hybridized carbons (Fsp3) is 0.800. The van der Waals surface area contributed by atoms with Gasteiger partial charge in [-0.15, -0.1) is 10.2 Å². The third-order valence-electron chi connectivity index (χ3n) is 2.92. The van der Waals surface area contributed by atoms with Crippen LogP contribution in [0, 0.1) is 5.92 Å². The average Bonchev–Trinajstić information content (AvgIpc) is 2.66. The number of rotatable bonds is 4. The summed E-state index contributed by atoms with van der Waals surface area (Å²) >= 11 is 0. The van der Waals surface area contributed by atoms with Crippen molar-refractivity contribution in [3.63, 3.8) is 0 Å². The van der Waals surface area contributed by atoms with Gasteiger partial charge in [0.15, 0.2) is 0 Å². The summed E-state index contributed by atoms with van der Waals surface area (Å²) < 4.78 is 1.95. The lowest BCUT2D eigenvalue weighted by Gasteiger charge is -2.22. The first-order chi connectivity index (χ1) is 7.36. The Balaban J connectivity index is 1.68. The summed E-state index contributed by atoms with van der Waals surface area (Å²) in [6.07, 6.45) is 4.37. The largest absolute Gasteiger partial charge is 0.320 e. The molecule has 0 spiro atoms. The monoisotopic (exact) mass is 209 g/mol. The van der Waals surface area contributed by atoms with E-state index in [0.29, 0.717) is 0 Å². The van der Waals surface area contributed by atoms with Crippen molar-refractivity contribution in [2.45, 2.75) is 19.4 Å². The van der Waals surface area contributed by atoms with Crippen LogP contribution in [0.15, 0.2) is 6.33 Å². The zero-order valence-electron chi connectivity index (χ0n) is 9.24. The van der Waals surface area contributed by atoms with Gasteiger partial charge in [0.05, 0.1) is 6.54 Å². The molecule has 5 heteroatoms. The van der Waals surface area contributed by atoms with E-state index >= 15 is 0 Å². The lowest BCUT2D eigenvalue weighted by Crippen LogP contribution is -2.36. The maximum atomic E-state index is 4.03. The minimum atomic E-state index is 0.770. The van der Waals surface area contributed by atoms with Crippen LogP contribution in [0.5, 0.6) is 0 Å². The van der Waals surface area contributed by atoms with Crippen LogP contribution in [-0.4, -0.2) is 34.4 Å². The molecular formula is C10H19N5. The third-order valence-corrected chi connectivity index (χ3v) is 2.92. The van der Waals surface area contributed by atoms with Crippen LogP contribution in [0.4, 0.5) is 0 Å². The third kappa shape index (κ3) is 3.00. The van der Waals surface area contributed by atoms with Crippen molar-refractivity contribution < 1.29 is 0 Å². The van der Waals surface area contributed by atoms with Crippen LogP contribution in [0.3, 0.4) is 0 Å². The highest BCUT2D eigenvalue weighted by molar-refractivity contribution is 4.83. The van der Waals surface area contributed by atoms with Gasteiger partial charge >= 0.3 is 0 Å². The number of aromatic nitrogens is 3. The van der Waals surface area contributed by atoms with E-state index in [4.69, 9.17) is 0 Å². The Labute approximate surface area is 90.3 Å². The van der Waals surface area contributed by atoms with Gasteiger partial charge in [0, 0.05) is 7.05 Å². The zero-order valence-corrected chi connectivity index (χ0v) is 9.24. The molecule has 84 valence electrons. The van der Waals surface area contributed by atoms with Gasteiger partial charge in [-0.05, 0) is 38.4 Å². The zero-order chi connectivity index (χ0) is 10.5. The van der Waals surface area contributed by atoms with Gasteiger partial charge in [0.1, 0.15) is 12.2 Å². The van der Waals surface area contributed by atoms with Gasteiger partial charge in [-0.2, -0.15) is 0 Å². The van der Waals surface area contributed by atoms with Gasteiger partial charge in [0.25, 0.3) is 0 Å². The minimum absolute atomic E-state index is 0.770. The second-order valence-corrected chi connectivity index (χ2v) is 4.20. The molecule has 0 aliphatic carbocycles. The second kappa shape index (κ2) is 5.23.